The van der Waals surface area contributed by atoms with Crippen LogP contribution in [0.15, 0.2) is 36.4 Å². The van der Waals surface area contributed by atoms with E-state index in [4.69, 9.17) is 0 Å². The summed E-state index contributed by atoms with van der Waals surface area (Å²) in [6, 6.07) is 6.56. The van der Waals surface area contributed by atoms with E-state index in [1.807, 2.05) is 11.0 Å². The van der Waals surface area contributed by atoms with Gasteiger partial charge in [0.05, 0.1) is 0 Å². The van der Waals surface area contributed by atoms with Gasteiger partial charge in [0, 0.05) is 31.9 Å². The van der Waals surface area contributed by atoms with Crippen LogP contribution in [0.4, 0.5) is 10.1 Å². The molecular weight excluding hydrogens is 303 g/mol. The summed E-state index contributed by atoms with van der Waals surface area (Å²) < 4.78 is 13.0. The molecule has 1 fully saturated rings. The lowest BCUT2D eigenvalue weighted by Gasteiger charge is -2.35. The van der Waals surface area contributed by atoms with Crippen molar-refractivity contribution < 1.29 is 9.18 Å². The largest absolute Gasteiger partial charge is 0.368 e. The van der Waals surface area contributed by atoms with E-state index in [0.29, 0.717) is 0 Å². The molecule has 1 aliphatic heterocycles. The van der Waals surface area contributed by atoms with E-state index in [-0.39, 0.29) is 11.7 Å². The minimum absolute atomic E-state index is 0.113. The zero-order valence-corrected chi connectivity index (χ0v) is 14.7. The summed E-state index contributed by atoms with van der Waals surface area (Å²) in [7, 11) is 0. The fraction of sp³-hybridized carbons (Fsp3) is 0.550. The molecule has 1 aromatic rings. The summed E-state index contributed by atoms with van der Waals surface area (Å²) in [6.45, 7) is 5.24. The van der Waals surface area contributed by atoms with Crippen molar-refractivity contribution in [1.29, 1.82) is 0 Å². The molecule has 1 amide bonds. The number of amides is 1. The van der Waals surface area contributed by atoms with E-state index in [1.165, 1.54) is 44.2 Å². The molecule has 0 bridgehead atoms. The number of carbonyl (C=O) groups is 1. The lowest BCUT2D eigenvalue weighted by Crippen LogP contribution is -2.48. The van der Waals surface area contributed by atoms with E-state index < -0.39 is 0 Å². The van der Waals surface area contributed by atoms with Crippen LogP contribution in [-0.4, -0.2) is 37.0 Å². The van der Waals surface area contributed by atoms with Crippen molar-refractivity contribution in [2.45, 2.75) is 45.4 Å². The predicted octanol–water partition coefficient (Wildman–Crippen LogP) is 4.39. The number of carbonyl (C=O) groups excluding carboxylic acids is 1. The minimum Gasteiger partial charge on any atom is -0.368 e. The number of anilines is 1. The van der Waals surface area contributed by atoms with Crippen LogP contribution >= 0.6 is 0 Å². The number of benzene rings is 1. The van der Waals surface area contributed by atoms with Gasteiger partial charge in [-0.25, -0.2) is 4.39 Å². The van der Waals surface area contributed by atoms with Crippen LogP contribution in [0.5, 0.6) is 0 Å². The number of halogens is 1. The Hall–Kier alpha value is -1.84. The summed E-state index contributed by atoms with van der Waals surface area (Å²) in [6.07, 6.45) is 11.0. The van der Waals surface area contributed by atoms with Crippen LogP contribution in [0.3, 0.4) is 0 Å². The standard InChI is InChI=1S/C20H29FN2O/c1-2-3-4-5-6-7-8-9-20(24)23-16-14-22(15-17-23)19-12-10-18(21)11-13-19/h8-13H,2-7,14-17H2,1H3/b9-8+. The lowest BCUT2D eigenvalue weighted by molar-refractivity contribution is -0.126. The smallest absolute Gasteiger partial charge is 0.246 e. The molecular formula is C20H29FN2O. The number of hydrogen-bond donors (Lipinski definition) is 0. The Balaban J connectivity index is 1.67. The Labute approximate surface area is 145 Å². The Morgan fingerprint density at radius 3 is 2.38 bits per heavy atom. The maximum Gasteiger partial charge on any atom is 0.246 e. The Kier molecular flexibility index (Phi) is 7.80. The molecule has 1 aliphatic rings. The molecule has 4 heteroatoms. The van der Waals surface area contributed by atoms with Crippen LogP contribution in [-0.2, 0) is 4.79 Å². The van der Waals surface area contributed by atoms with E-state index >= 15 is 0 Å². The normalized spacial score (nSPS) is 15.2. The summed E-state index contributed by atoms with van der Waals surface area (Å²) >= 11 is 0. The van der Waals surface area contributed by atoms with Crippen molar-refractivity contribution >= 4 is 11.6 Å². The van der Waals surface area contributed by atoms with Gasteiger partial charge in [0.25, 0.3) is 0 Å². The number of piperazine rings is 1. The number of hydrogen-bond acceptors (Lipinski definition) is 2. The number of rotatable bonds is 8. The summed E-state index contributed by atoms with van der Waals surface area (Å²) in [5, 5.41) is 0. The molecule has 1 heterocycles. The minimum atomic E-state index is -0.215. The Morgan fingerprint density at radius 1 is 1.04 bits per heavy atom. The van der Waals surface area contributed by atoms with Gasteiger partial charge >= 0.3 is 0 Å². The highest BCUT2D eigenvalue weighted by Crippen LogP contribution is 2.17. The molecule has 0 atom stereocenters. The van der Waals surface area contributed by atoms with Gasteiger partial charge in [0.15, 0.2) is 0 Å². The number of nitrogens with zero attached hydrogens (tertiary/aromatic N) is 2. The maximum atomic E-state index is 13.0. The van der Waals surface area contributed by atoms with Gasteiger partial charge in [-0.2, -0.15) is 0 Å². The van der Waals surface area contributed by atoms with Crippen molar-refractivity contribution in [3.63, 3.8) is 0 Å². The van der Waals surface area contributed by atoms with E-state index in [1.54, 1.807) is 18.2 Å². The predicted molar refractivity (Wildman–Crippen MR) is 97.7 cm³/mol. The van der Waals surface area contributed by atoms with Crippen molar-refractivity contribution in [3.05, 3.63) is 42.2 Å². The second-order valence-corrected chi connectivity index (χ2v) is 6.39. The highest BCUT2D eigenvalue weighted by atomic mass is 19.1. The third kappa shape index (κ3) is 5.99. The van der Waals surface area contributed by atoms with E-state index in [2.05, 4.69) is 11.8 Å². The van der Waals surface area contributed by atoms with Gasteiger partial charge in [0.1, 0.15) is 5.82 Å². The first-order valence-electron chi connectivity index (χ1n) is 9.16. The first kappa shape index (κ1) is 18.5. The average Bonchev–Trinajstić information content (AvgIpc) is 2.61. The molecule has 132 valence electrons. The van der Waals surface area contributed by atoms with Crippen molar-refractivity contribution in [2.24, 2.45) is 0 Å². The first-order valence-corrected chi connectivity index (χ1v) is 9.16. The molecule has 1 aromatic carbocycles. The summed E-state index contributed by atoms with van der Waals surface area (Å²) in [5.41, 5.74) is 1.02. The van der Waals surface area contributed by atoms with Crippen LogP contribution in [0.2, 0.25) is 0 Å². The molecule has 0 unspecified atom stereocenters. The zero-order valence-electron chi connectivity index (χ0n) is 14.7. The van der Waals surface area contributed by atoms with Gasteiger partial charge in [0.2, 0.25) is 5.91 Å². The fourth-order valence-corrected chi connectivity index (χ4v) is 2.99. The molecule has 2 rings (SSSR count). The molecule has 0 N–H and O–H groups in total. The maximum absolute atomic E-state index is 13.0. The topological polar surface area (TPSA) is 23.6 Å². The third-order valence-electron chi connectivity index (χ3n) is 4.52. The van der Waals surface area contributed by atoms with Gasteiger partial charge in [-0.15, -0.1) is 0 Å². The van der Waals surface area contributed by atoms with Crippen LogP contribution in [0, 0.1) is 5.82 Å². The van der Waals surface area contributed by atoms with Crippen LogP contribution in [0.1, 0.15) is 45.4 Å². The molecule has 0 saturated carbocycles. The summed E-state index contributed by atoms with van der Waals surface area (Å²) in [5.74, 6) is -0.102. The molecule has 3 nitrogen and oxygen atoms in total. The van der Waals surface area contributed by atoms with Gasteiger partial charge in [-0.3, -0.25) is 4.79 Å². The van der Waals surface area contributed by atoms with E-state index in [0.717, 1.165) is 38.3 Å². The van der Waals surface area contributed by atoms with Crippen LogP contribution < -0.4 is 4.90 Å². The second-order valence-electron chi connectivity index (χ2n) is 6.39. The van der Waals surface area contributed by atoms with Crippen molar-refractivity contribution in [2.75, 3.05) is 31.1 Å². The molecule has 0 aromatic heterocycles. The highest BCUT2D eigenvalue weighted by Gasteiger charge is 2.19. The molecule has 0 radical (unpaired) electrons. The Bertz CT molecular complexity index is 519. The van der Waals surface area contributed by atoms with Crippen LogP contribution in [0.25, 0.3) is 0 Å². The number of unbranched alkanes of at least 4 members (excludes halogenated alkanes) is 5. The van der Waals surface area contributed by atoms with Crippen molar-refractivity contribution in [3.8, 4) is 0 Å². The average molecular weight is 332 g/mol. The second kappa shape index (κ2) is 10.1. The lowest BCUT2D eigenvalue weighted by atomic mass is 10.1. The SMILES string of the molecule is CCCCCCC/C=C/C(=O)N1CCN(c2ccc(F)cc2)CC1. The van der Waals surface area contributed by atoms with Gasteiger partial charge < -0.3 is 9.80 Å². The first-order chi connectivity index (χ1) is 11.7. The fourth-order valence-electron chi connectivity index (χ4n) is 2.99. The molecule has 1 saturated heterocycles. The van der Waals surface area contributed by atoms with Gasteiger partial charge in [-0.1, -0.05) is 38.7 Å². The number of allylic oxidation sites excluding steroid dienone is 1. The Morgan fingerprint density at radius 2 is 1.71 bits per heavy atom. The summed E-state index contributed by atoms with van der Waals surface area (Å²) in [4.78, 5) is 16.3. The molecule has 0 spiro atoms. The van der Waals surface area contributed by atoms with Gasteiger partial charge in [-0.05, 0) is 43.2 Å². The molecule has 24 heavy (non-hydrogen) atoms. The van der Waals surface area contributed by atoms with E-state index in [9.17, 15) is 9.18 Å². The quantitative estimate of drug-likeness (QED) is 0.521. The molecule has 0 aliphatic carbocycles. The van der Waals surface area contributed by atoms with Crippen molar-refractivity contribution in [1.82, 2.24) is 4.90 Å². The monoisotopic (exact) mass is 332 g/mol. The zero-order chi connectivity index (χ0) is 17.2. The third-order valence-corrected chi connectivity index (χ3v) is 4.52. The highest BCUT2D eigenvalue weighted by molar-refractivity contribution is 5.87.